The quantitative estimate of drug-likeness (QED) is 0.537. The van der Waals surface area contributed by atoms with E-state index in [9.17, 15) is 4.79 Å². The van der Waals surface area contributed by atoms with Crippen molar-refractivity contribution in [3.63, 3.8) is 0 Å². The van der Waals surface area contributed by atoms with Crippen LogP contribution in [0.4, 0.5) is 5.69 Å². The van der Waals surface area contributed by atoms with Crippen LogP contribution in [0.2, 0.25) is 10.0 Å². The van der Waals surface area contributed by atoms with Crippen LogP contribution >= 0.6 is 63.1 Å². The first-order valence-electron chi connectivity index (χ1n) is 7.46. The summed E-state index contributed by atoms with van der Waals surface area (Å²) >= 11 is 22.9. The molecule has 2 aliphatic heterocycles. The summed E-state index contributed by atoms with van der Waals surface area (Å²) in [7, 11) is 0. The number of rotatable bonds is 2. The summed E-state index contributed by atoms with van der Waals surface area (Å²) in [6, 6.07) is 13.0. The van der Waals surface area contributed by atoms with Crippen LogP contribution in [0.1, 0.15) is 10.9 Å². The van der Waals surface area contributed by atoms with Gasteiger partial charge < -0.3 is 4.90 Å². The molecule has 0 N–H and O–H groups in total. The molecule has 0 aromatic heterocycles. The molecule has 0 radical (unpaired) electrons. The first-order valence-corrected chi connectivity index (χ1v) is 10.5. The fourth-order valence-electron chi connectivity index (χ4n) is 3.04. The molecule has 2 aliphatic rings. The number of fused-ring (bicyclic) bond motifs is 1. The monoisotopic (exact) mass is 472 g/mol. The van der Waals surface area contributed by atoms with Crippen LogP contribution in [0.3, 0.4) is 0 Å². The molecule has 2 fully saturated rings. The summed E-state index contributed by atoms with van der Waals surface area (Å²) in [5.41, 5.74) is 1.78. The van der Waals surface area contributed by atoms with Crippen LogP contribution < -0.4 is 4.90 Å². The molecule has 2 saturated heterocycles. The van der Waals surface area contributed by atoms with Gasteiger partial charge in [0, 0.05) is 10.2 Å². The predicted molar refractivity (Wildman–Crippen MR) is 112 cm³/mol. The van der Waals surface area contributed by atoms with E-state index in [2.05, 4.69) is 28.1 Å². The highest BCUT2D eigenvalue weighted by Gasteiger charge is 2.50. The summed E-state index contributed by atoms with van der Waals surface area (Å²) in [6.07, 6.45) is 0. The molecule has 0 spiro atoms. The van der Waals surface area contributed by atoms with Gasteiger partial charge >= 0.3 is 0 Å². The van der Waals surface area contributed by atoms with Crippen LogP contribution in [0.15, 0.2) is 46.9 Å². The highest BCUT2D eigenvalue weighted by atomic mass is 79.9. The maximum absolute atomic E-state index is 12.9. The van der Waals surface area contributed by atoms with E-state index in [-0.39, 0.29) is 17.3 Å². The van der Waals surface area contributed by atoms with Crippen molar-refractivity contribution in [2.45, 2.75) is 11.4 Å². The molecule has 0 aliphatic carbocycles. The smallest absolute Gasteiger partial charge is 0.257 e. The van der Waals surface area contributed by atoms with Crippen molar-refractivity contribution >= 4 is 79.8 Å². The van der Waals surface area contributed by atoms with E-state index >= 15 is 0 Å². The Morgan fingerprint density at radius 1 is 1.12 bits per heavy atom. The molecule has 0 unspecified atom stereocenters. The molecular weight excluding hydrogens is 463 g/mol. The van der Waals surface area contributed by atoms with Crippen molar-refractivity contribution in [3.8, 4) is 0 Å². The zero-order valence-electron chi connectivity index (χ0n) is 12.7. The van der Waals surface area contributed by atoms with Crippen molar-refractivity contribution in [3.05, 3.63) is 62.5 Å². The number of hydrogen-bond donors (Lipinski definition) is 0. The maximum Gasteiger partial charge on any atom is 0.257 e. The van der Waals surface area contributed by atoms with E-state index in [0.717, 1.165) is 10.0 Å². The van der Waals surface area contributed by atoms with Crippen LogP contribution in [-0.4, -0.2) is 27.7 Å². The minimum absolute atomic E-state index is 0.0181. The van der Waals surface area contributed by atoms with Gasteiger partial charge in [0.25, 0.3) is 5.91 Å². The lowest BCUT2D eigenvalue weighted by Gasteiger charge is -2.25. The first-order chi connectivity index (χ1) is 12.0. The number of thiocarbonyl (C=S) groups is 1. The van der Waals surface area contributed by atoms with Gasteiger partial charge in [0.2, 0.25) is 0 Å². The van der Waals surface area contributed by atoms with E-state index in [1.54, 1.807) is 34.9 Å². The molecule has 2 aromatic rings. The van der Waals surface area contributed by atoms with Crippen molar-refractivity contribution in [2.24, 2.45) is 0 Å². The summed E-state index contributed by atoms with van der Waals surface area (Å²) in [6.45, 7) is 0. The fourth-order valence-corrected chi connectivity index (χ4v) is 5.51. The van der Waals surface area contributed by atoms with Crippen LogP contribution in [0.5, 0.6) is 0 Å². The van der Waals surface area contributed by atoms with Gasteiger partial charge in [0.15, 0.2) is 5.11 Å². The summed E-state index contributed by atoms with van der Waals surface area (Å²) in [4.78, 5) is 16.5. The van der Waals surface area contributed by atoms with Gasteiger partial charge in [-0.15, -0.1) is 11.8 Å². The molecule has 1 amide bonds. The minimum Gasteiger partial charge on any atom is -0.319 e. The normalized spacial score (nSPS) is 22.7. The van der Waals surface area contributed by atoms with Crippen LogP contribution in [-0.2, 0) is 4.79 Å². The number of benzene rings is 2. The van der Waals surface area contributed by atoms with Crippen molar-refractivity contribution in [2.75, 3.05) is 10.7 Å². The second kappa shape index (κ2) is 6.74. The molecule has 4 rings (SSSR count). The number of thioether (sulfide) groups is 1. The van der Waals surface area contributed by atoms with Crippen molar-refractivity contribution in [1.29, 1.82) is 0 Å². The molecule has 2 heterocycles. The zero-order chi connectivity index (χ0) is 17.7. The Morgan fingerprint density at radius 2 is 1.84 bits per heavy atom. The second-order valence-corrected chi connectivity index (χ2v) is 8.92. The minimum atomic E-state index is -0.249. The van der Waals surface area contributed by atoms with Gasteiger partial charge in [-0.25, -0.2) is 0 Å². The Kier molecular flexibility index (Phi) is 4.75. The molecule has 25 heavy (non-hydrogen) atoms. The summed E-state index contributed by atoms with van der Waals surface area (Å²) < 4.78 is 1.02. The van der Waals surface area contributed by atoms with Gasteiger partial charge in [-0.3, -0.25) is 9.69 Å². The number of amides is 1. The Morgan fingerprint density at radius 3 is 2.52 bits per heavy atom. The van der Waals surface area contributed by atoms with Gasteiger partial charge in [0.05, 0.1) is 15.7 Å². The second-order valence-electron chi connectivity index (χ2n) is 5.71. The van der Waals surface area contributed by atoms with E-state index in [4.69, 9.17) is 35.4 Å². The highest BCUT2D eigenvalue weighted by Crippen LogP contribution is 2.46. The SMILES string of the molecule is O=C1[C@H]2CS[C@@H](c3ccc(Br)cc3)N2C(=S)N1c1ccc(Cl)c(Cl)c1. The highest BCUT2D eigenvalue weighted by molar-refractivity contribution is 9.10. The Hall–Kier alpha value is -0.790. The van der Waals surface area contributed by atoms with Gasteiger partial charge in [-0.2, -0.15) is 0 Å². The fraction of sp³-hybridized carbons (Fsp3) is 0.176. The van der Waals surface area contributed by atoms with Gasteiger partial charge in [-0.05, 0) is 48.1 Å². The standard InChI is InChI=1S/C17H11BrCl2N2OS2/c18-10-3-1-9(2-4-10)16-22-14(8-25-16)15(23)21(17(22)24)11-5-6-12(19)13(20)7-11/h1-7,14,16H,8H2/t14-,16+/m1/s1. The Balaban J connectivity index is 1.68. The summed E-state index contributed by atoms with van der Waals surface area (Å²) in [5.74, 6) is 0.688. The molecule has 8 heteroatoms. The lowest BCUT2D eigenvalue weighted by atomic mass is 10.2. The van der Waals surface area contributed by atoms with E-state index in [1.165, 1.54) is 0 Å². The van der Waals surface area contributed by atoms with E-state index in [1.807, 2.05) is 17.0 Å². The average Bonchev–Trinajstić information content (AvgIpc) is 3.12. The van der Waals surface area contributed by atoms with Crippen molar-refractivity contribution in [1.82, 2.24) is 4.90 Å². The molecule has 2 atom stereocenters. The zero-order valence-corrected chi connectivity index (χ0v) is 17.4. The maximum atomic E-state index is 12.9. The number of halogens is 3. The third kappa shape index (κ3) is 2.98. The van der Waals surface area contributed by atoms with Crippen molar-refractivity contribution < 1.29 is 4.79 Å². The number of nitrogens with zero attached hydrogens (tertiary/aromatic N) is 2. The molecule has 2 aromatic carbocycles. The van der Waals surface area contributed by atoms with Crippen LogP contribution in [0, 0.1) is 0 Å². The van der Waals surface area contributed by atoms with Crippen LogP contribution in [0.25, 0.3) is 0 Å². The number of hydrogen-bond acceptors (Lipinski definition) is 3. The van der Waals surface area contributed by atoms with E-state index in [0.29, 0.717) is 26.6 Å². The molecule has 0 saturated carbocycles. The average molecular weight is 474 g/mol. The molecular formula is C17H11BrCl2N2OS2. The number of anilines is 1. The topological polar surface area (TPSA) is 23.6 Å². The summed E-state index contributed by atoms with van der Waals surface area (Å²) in [5, 5.41) is 1.39. The Bertz CT molecular complexity index is 877. The lowest BCUT2D eigenvalue weighted by Crippen LogP contribution is -2.33. The molecule has 3 nitrogen and oxygen atoms in total. The molecule has 0 bridgehead atoms. The van der Waals surface area contributed by atoms with E-state index < -0.39 is 0 Å². The number of carbonyl (C=O) groups excluding carboxylic acids is 1. The first kappa shape index (κ1) is 17.6. The third-order valence-corrected chi connectivity index (χ3v) is 7.22. The Labute approximate surface area is 173 Å². The third-order valence-electron chi connectivity index (χ3n) is 4.23. The predicted octanol–water partition coefficient (Wildman–Crippen LogP) is 5.50. The van der Waals surface area contributed by atoms with Gasteiger partial charge in [0.1, 0.15) is 11.4 Å². The van der Waals surface area contributed by atoms with Gasteiger partial charge in [-0.1, -0.05) is 51.3 Å². The molecule has 128 valence electrons. The number of carbonyl (C=O) groups is 1. The largest absolute Gasteiger partial charge is 0.319 e. The lowest BCUT2D eigenvalue weighted by molar-refractivity contribution is -0.119.